The van der Waals surface area contributed by atoms with Crippen molar-refractivity contribution in [3.05, 3.63) is 268 Å². The van der Waals surface area contributed by atoms with Crippen LogP contribution in [0.1, 0.15) is 79.1 Å². The number of ether oxygens (including phenoxy) is 2. The van der Waals surface area contributed by atoms with Crippen LogP contribution in [0.25, 0.3) is 33.8 Å². The van der Waals surface area contributed by atoms with Crippen molar-refractivity contribution < 1.29 is 101 Å². The van der Waals surface area contributed by atoms with Crippen molar-refractivity contribution in [2.75, 3.05) is 39.7 Å². The van der Waals surface area contributed by atoms with E-state index in [1.807, 2.05) is 131 Å². The van der Waals surface area contributed by atoms with Gasteiger partial charge in [-0.05, 0) is 170 Å². The van der Waals surface area contributed by atoms with Gasteiger partial charge in [0.1, 0.15) is 31.9 Å². The fraction of sp³-hybridized carbons (Fsp3) is 0.181. The summed E-state index contributed by atoms with van der Waals surface area (Å²) in [6, 6.07) is 51.9. The molecular formula is C72H74B3Br5F11N2O10. The molecule has 7 aromatic rings. The first kappa shape index (κ1) is 97.0. The van der Waals surface area contributed by atoms with Crippen LogP contribution in [0.2, 0.25) is 6.32 Å². The topological polar surface area (TPSA) is 162 Å². The number of halogens is 16. The van der Waals surface area contributed by atoms with Crippen molar-refractivity contribution in [2.45, 2.75) is 54.8 Å². The van der Waals surface area contributed by atoms with Gasteiger partial charge in [0.15, 0.2) is 11.5 Å². The zero-order valence-corrected chi connectivity index (χ0v) is 65.4. The molecule has 0 amide bonds. The van der Waals surface area contributed by atoms with Crippen LogP contribution in [0.15, 0.2) is 244 Å². The fourth-order valence-corrected chi connectivity index (χ4v) is 8.49. The molecule has 2 N–H and O–H groups in total. The van der Waals surface area contributed by atoms with E-state index < -0.39 is 32.4 Å². The maximum atomic E-state index is 10.7. The zero-order chi connectivity index (χ0) is 79.0. The number of carboxylic acid groups (broad SMARTS) is 1. The Balaban J connectivity index is 0. The number of nitrogens with zero attached hydrogens (tertiary/aromatic N) is 2. The molecule has 31 heteroatoms. The first-order chi connectivity index (χ1) is 48.2. The Morgan fingerprint density at radius 1 is 0.583 bits per heavy atom. The molecule has 0 fully saturated rings. The molecule has 2 heterocycles. The molecular weight excluding hydrogens is 1690 g/mol. The number of esters is 2. The molecule has 0 saturated heterocycles. The minimum absolute atomic E-state index is 0.104. The predicted octanol–water partition coefficient (Wildman–Crippen LogP) is 22.9. The summed E-state index contributed by atoms with van der Waals surface area (Å²) in [5.74, 6) is 1.55. The lowest BCUT2D eigenvalue weighted by atomic mass is 10.0. The minimum Gasteiger partial charge on any atom is -0.481 e. The summed E-state index contributed by atoms with van der Waals surface area (Å²) in [5, 5.41) is 15.0. The van der Waals surface area contributed by atoms with Crippen LogP contribution in [0.3, 0.4) is 0 Å². The number of ketones is 1. The highest BCUT2D eigenvalue weighted by molar-refractivity contribution is 9.11. The molecule has 0 saturated carbocycles. The molecule has 103 heavy (non-hydrogen) atoms. The minimum atomic E-state index is -6.00. The van der Waals surface area contributed by atoms with Gasteiger partial charge in [0.25, 0.3) is 5.97 Å². The number of Topliss-reactive ketones (excluding diaryl/α,β-unsaturated/α-hetero) is 1. The number of carboxylic acids is 1. The second-order valence-electron chi connectivity index (χ2n) is 20.4. The van der Waals surface area contributed by atoms with E-state index in [1.165, 1.54) is 25.1 Å². The number of aldehydes is 1. The van der Waals surface area contributed by atoms with Crippen LogP contribution in [0.4, 0.5) is 53.7 Å². The molecule has 1 aliphatic carbocycles. The summed E-state index contributed by atoms with van der Waals surface area (Å²) in [4.78, 5) is 51.6. The number of benzene rings is 6. The molecule has 1 aliphatic heterocycles. The Bertz CT molecular complexity index is 3810. The summed E-state index contributed by atoms with van der Waals surface area (Å²) < 4.78 is 128. The monoisotopic (exact) mass is 1760 g/mol. The van der Waals surface area contributed by atoms with Gasteiger partial charge in [0.2, 0.25) is 0 Å². The summed E-state index contributed by atoms with van der Waals surface area (Å²) in [5.41, 5.74) is 11.6. The third-order valence-corrected chi connectivity index (χ3v) is 14.1. The second kappa shape index (κ2) is 53.7. The third kappa shape index (κ3) is 50.0. The molecule has 0 atom stereocenters. The van der Waals surface area contributed by atoms with E-state index in [9.17, 15) is 58.0 Å². The lowest BCUT2D eigenvalue weighted by Crippen LogP contribution is -2.09. The highest BCUT2D eigenvalue weighted by atomic mass is 79.9. The Labute approximate surface area is 635 Å². The van der Waals surface area contributed by atoms with E-state index in [0.29, 0.717) is 13.9 Å². The lowest BCUT2D eigenvalue weighted by Gasteiger charge is -2.18. The number of allylic oxidation sites excluding steroid dienone is 10. The van der Waals surface area contributed by atoms with Gasteiger partial charge in [-0.3, -0.25) is 24.0 Å². The van der Waals surface area contributed by atoms with Gasteiger partial charge in [-0.2, -0.15) is 0 Å². The molecule has 12 nitrogen and oxygen atoms in total. The normalized spacial score (nSPS) is 11.5. The molecule has 1 aromatic heterocycles. The number of hydrogen-bond donors (Lipinski definition) is 2. The van der Waals surface area contributed by atoms with Gasteiger partial charge in [0, 0.05) is 119 Å². The van der Waals surface area contributed by atoms with Gasteiger partial charge < -0.3 is 63.4 Å². The Morgan fingerprint density at radius 3 is 1.29 bits per heavy atom. The molecule has 2 aliphatic rings. The molecule has 0 unspecified atom stereocenters. The second-order valence-corrected chi connectivity index (χ2v) is 25.0. The van der Waals surface area contributed by atoms with E-state index in [1.54, 1.807) is 32.9 Å². The number of aliphatic hydroxyl groups is 1. The predicted molar refractivity (Wildman–Crippen MR) is 410 cm³/mol. The summed E-state index contributed by atoms with van der Waals surface area (Å²) in [7, 11) is -3.35. The molecule has 553 valence electrons. The maximum absolute atomic E-state index is 10.7. The number of anilines is 1. The smallest absolute Gasteiger partial charge is 0.481 e. The van der Waals surface area contributed by atoms with Crippen molar-refractivity contribution in [1.29, 1.82) is 0 Å². The van der Waals surface area contributed by atoms with Crippen LogP contribution < -0.4 is 4.90 Å². The van der Waals surface area contributed by atoms with E-state index in [0.717, 1.165) is 109 Å². The number of aliphatic carboxylic acids is 1. The number of aliphatic hydroxyl groups excluding tert-OH is 1. The van der Waals surface area contributed by atoms with Gasteiger partial charge in [-0.15, -0.1) is 0 Å². The van der Waals surface area contributed by atoms with Gasteiger partial charge in [-0.1, -0.05) is 141 Å². The summed E-state index contributed by atoms with van der Waals surface area (Å²) in [6.07, 6.45) is 18.1. The quantitative estimate of drug-likeness (QED) is 0.0207. The van der Waals surface area contributed by atoms with Crippen molar-refractivity contribution in [2.24, 2.45) is 0 Å². The van der Waals surface area contributed by atoms with Gasteiger partial charge in [-0.25, -0.2) is 8.99 Å². The van der Waals surface area contributed by atoms with E-state index in [4.69, 9.17) is 33.3 Å². The first-order valence-electron chi connectivity index (χ1n) is 29.9. The van der Waals surface area contributed by atoms with Crippen molar-refractivity contribution in [3.8, 4) is 22.5 Å². The highest BCUT2D eigenvalue weighted by Gasteiger charge is 2.22. The van der Waals surface area contributed by atoms with Crippen molar-refractivity contribution in [3.63, 3.8) is 0 Å². The highest BCUT2D eigenvalue weighted by Crippen LogP contribution is 2.34. The molecule has 9 rings (SSSR count). The molecule has 0 bridgehead atoms. The number of carbonyl (C=O) groups is 5. The van der Waals surface area contributed by atoms with Crippen LogP contribution in [-0.4, -0.2) is 107 Å². The summed E-state index contributed by atoms with van der Waals surface area (Å²) in [6.45, 7) is 10.7. The number of carbonyl (C=O) groups excluding carboxylic acids is 4. The largest absolute Gasteiger partial charge is 0.673 e. The van der Waals surface area contributed by atoms with Crippen molar-refractivity contribution in [1.82, 2.24) is 0 Å². The average Bonchev–Trinajstić information content (AvgIpc) is 0.822. The fourth-order valence-electron chi connectivity index (χ4n) is 7.17. The average molecular weight is 1770 g/mol. The van der Waals surface area contributed by atoms with Crippen LogP contribution >= 0.6 is 79.6 Å². The number of hydrogen-bond acceptors (Lipinski definition) is 9. The van der Waals surface area contributed by atoms with E-state index in [2.05, 4.69) is 192 Å². The maximum Gasteiger partial charge on any atom is 0.673 e. The van der Waals surface area contributed by atoms with Crippen LogP contribution in [0.5, 0.6) is 0 Å². The standard InChI is InChI=1S/C27H22Br2NO.C18H13Br2O.C9H11NO.C8H7BrO.C4H6O3.C2H5BF.C2H4O2.C2H6O.2BF4.F2/c1-30(2)25-14-3-19(4-15-25)5-16-26-17-22(20-6-10-23(28)11-7-20)18-27(31-26)21-8-12-24(29)13-9-21;1-12-10-15(13-2-6-16(19)7-3-13)11-18(21-12)14-4-8-17(20)9-5-14;1-10(2)9-5-3-8(7-11)4-6-9;1-6(10)7-2-4-8(9)5-3-7;1-3(5)7-4(2)6;1-2-3-4;1-2(3)4;1-2-3;2*2-1(3,4)5;1-2/h3-18H,1-2H3;2-11H,1H3;3-7H,1-2H3;2-5H,1H3;1-2H3;2H2,1H3;1H3,(H,3,4);3H,2H2,1H3;;;/q2*+1;;;;;;;2*-1;. The Morgan fingerprint density at radius 2 is 0.951 bits per heavy atom. The summed E-state index contributed by atoms with van der Waals surface area (Å²) >= 11 is 17.2. The van der Waals surface area contributed by atoms with Gasteiger partial charge in [0.05, 0.1) is 18.6 Å². The zero-order valence-electron chi connectivity index (χ0n) is 57.5. The molecule has 1 radical (unpaired) electrons. The van der Waals surface area contributed by atoms with Crippen LogP contribution in [0, 0.1) is 6.92 Å². The molecule has 0 spiro atoms. The van der Waals surface area contributed by atoms with Gasteiger partial charge >= 0.3 is 45.5 Å². The van der Waals surface area contributed by atoms with E-state index >= 15 is 0 Å². The van der Waals surface area contributed by atoms with Crippen LogP contribution in [-0.2, 0) is 23.9 Å². The van der Waals surface area contributed by atoms with E-state index in [-0.39, 0.29) is 12.4 Å². The third-order valence-electron chi connectivity index (χ3n) is 11.4. The van der Waals surface area contributed by atoms with Crippen molar-refractivity contribution >= 4 is 154 Å². The lowest BCUT2D eigenvalue weighted by molar-refractivity contribution is -0.462. The molecule has 6 aromatic carbocycles. The number of rotatable bonds is 9. The number of aryl methyl sites for hydroxylation is 1. The first-order valence-corrected chi connectivity index (χ1v) is 33.9. The SMILES string of the molecule is CC(=O)O.CC(=O)OC(C)=O.CC(=O)c1ccc(Br)cc1.CCO.CC[B]F.CN(C)c1ccc(C=O)cc1.C[N+](C)=C1C=CC(=CC=C2C=C(c3ccc(Br)cc3)C=C(c3ccc(Br)cc3)O2)C=C1.Cc1cc(-c2ccc(Br)cc2)cc(-c2ccc(Br)cc2)[o+]1.FF.F[B-](F)(F)F.F[B-](F)(F)F. The Kier molecular flexibility index (Phi) is 50.5. The Hall–Kier alpha value is -8.09.